The van der Waals surface area contributed by atoms with E-state index in [0.29, 0.717) is 0 Å². The molecule has 0 fully saturated rings. The van der Waals surface area contributed by atoms with Gasteiger partial charge in [-0.1, -0.05) is 36.4 Å². The zero-order valence-electron chi connectivity index (χ0n) is 16.8. The zero-order chi connectivity index (χ0) is 20.7. The van der Waals surface area contributed by atoms with Gasteiger partial charge in [0.15, 0.2) is 0 Å². The molecule has 1 aliphatic heterocycles. The van der Waals surface area contributed by atoms with E-state index in [1.165, 1.54) is 11.1 Å². The quantitative estimate of drug-likeness (QED) is 0.405. The van der Waals surface area contributed by atoms with Crippen LogP contribution in [0.25, 0.3) is 22.0 Å². The highest BCUT2D eigenvalue weighted by molar-refractivity contribution is 8.01. The number of hydrogen-bond donors (Lipinski definition) is 1. The van der Waals surface area contributed by atoms with Gasteiger partial charge in [0, 0.05) is 28.9 Å². The first-order valence-electron chi connectivity index (χ1n) is 9.83. The highest BCUT2D eigenvalue weighted by atomic mass is 32.2. The fourth-order valence-corrected chi connectivity index (χ4v) is 4.92. The van der Waals surface area contributed by atoms with Crippen molar-refractivity contribution in [1.29, 1.82) is 5.26 Å². The molecule has 0 amide bonds. The van der Waals surface area contributed by atoms with Gasteiger partial charge in [0.05, 0.1) is 34.1 Å². The Hall–Kier alpha value is -3.36. The van der Waals surface area contributed by atoms with Gasteiger partial charge in [-0.3, -0.25) is 9.97 Å². The van der Waals surface area contributed by atoms with Crippen molar-refractivity contribution in [2.75, 3.05) is 4.72 Å². The number of fused-ring (bicyclic) bond motifs is 3. The molecule has 1 N–H and O–H groups in total. The molecule has 5 heteroatoms. The molecule has 2 aromatic heterocycles. The molecular formula is C25H20N4S. The van der Waals surface area contributed by atoms with Crippen LogP contribution in [0.2, 0.25) is 0 Å². The van der Waals surface area contributed by atoms with Crippen LogP contribution in [0.15, 0.2) is 73.2 Å². The number of benzene rings is 2. The summed E-state index contributed by atoms with van der Waals surface area (Å²) in [6, 6.07) is 21.2. The molecule has 0 radical (unpaired) electrons. The number of rotatable bonds is 3. The lowest BCUT2D eigenvalue weighted by Gasteiger charge is -2.18. The first-order valence-corrected chi connectivity index (χ1v) is 10.7. The minimum Gasteiger partial charge on any atom is -0.327 e. The van der Waals surface area contributed by atoms with Crippen molar-refractivity contribution in [2.24, 2.45) is 0 Å². The minimum atomic E-state index is -0.493. The van der Waals surface area contributed by atoms with Gasteiger partial charge in [0.25, 0.3) is 0 Å². The Morgan fingerprint density at radius 1 is 1.03 bits per heavy atom. The third-order valence-electron chi connectivity index (χ3n) is 5.67. The molecule has 2 aromatic carbocycles. The lowest BCUT2D eigenvalue weighted by atomic mass is 9.85. The Morgan fingerprint density at radius 2 is 1.87 bits per heavy atom. The molecule has 0 bridgehead atoms. The van der Waals surface area contributed by atoms with E-state index >= 15 is 0 Å². The number of aromatic nitrogens is 2. The smallest absolute Gasteiger partial charge is 0.0772 e. The van der Waals surface area contributed by atoms with Crippen LogP contribution in [0.3, 0.4) is 0 Å². The Morgan fingerprint density at radius 3 is 2.60 bits per heavy atom. The molecule has 1 aliphatic rings. The summed E-state index contributed by atoms with van der Waals surface area (Å²) in [5.41, 5.74) is 7.27. The van der Waals surface area contributed by atoms with Crippen molar-refractivity contribution >= 4 is 28.5 Å². The van der Waals surface area contributed by atoms with E-state index in [0.717, 1.165) is 33.3 Å². The number of nitrogens with one attached hydrogen (secondary N) is 1. The summed E-state index contributed by atoms with van der Waals surface area (Å²) in [5, 5.41) is 10.7. The highest BCUT2D eigenvalue weighted by Gasteiger charge is 2.28. The second-order valence-corrected chi connectivity index (χ2v) is 8.93. The molecule has 30 heavy (non-hydrogen) atoms. The minimum absolute atomic E-state index is 0.161. The van der Waals surface area contributed by atoms with Gasteiger partial charge in [-0.15, -0.1) is 0 Å². The van der Waals surface area contributed by atoms with Gasteiger partial charge >= 0.3 is 0 Å². The standard InChI is InChI=1S/C25H20N4S/c1-25(2,15-26)19-8-5-16(6-9-19)24-23-20-12-17(18-4-3-11-27-13-18)7-10-21(20)28-14-22(23)29-30-24/h3-14,24,29H,1-2H3. The van der Waals surface area contributed by atoms with E-state index in [-0.39, 0.29) is 5.25 Å². The molecular weight excluding hydrogens is 388 g/mol. The average Bonchev–Trinajstić information content (AvgIpc) is 3.24. The van der Waals surface area contributed by atoms with Crippen LogP contribution in [0, 0.1) is 11.3 Å². The Balaban J connectivity index is 1.61. The normalized spacial score (nSPS) is 15.4. The van der Waals surface area contributed by atoms with Crippen LogP contribution in [0.5, 0.6) is 0 Å². The summed E-state index contributed by atoms with van der Waals surface area (Å²) in [4.78, 5) is 8.90. The van der Waals surface area contributed by atoms with Gasteiger partial charge in [-0.05, 0) is 60.7 Å². The summed E-state index contributed by atoms with van der Waals surface area (Å²) in [6.07, 6.45) is 5.59. The van der Waals surface area contributed by atoms with Gasteiger partial charge < -0.3 is 4.72 Å². The molecule has 4 nitrogen and oxygen atoms in total. The van der Waals surface area contributed by atoms with Gasteiger partial charge in [-0.2, -0.15) is 5.26 Å². The molecule has 1 unspecified atom stereocenters. The summed E-state index contributed by atoms with van der Waals surface area (Å²) >= 11 is 1.69. The van der Waals surface area contributed by atoms with Gasteiger partial charge in [-0.25, -0.2) is 0 Å². The molecule has 4 aromatic rings. The van der Waals surface area contributed by atoms with Crippen LogP contribution in [0.4, 0.5) is 5.69 Å². The van der Waals surface area contributed by atoms with E-state index in [4.69, 9.17) is 0 Å². The van der Waals surface area contributed by atoms with Crippen LogP contribution < -0.4 is 4.72 Å². The van der Waals surface area contributed by atoms with E-state index in [9.17, 15) is 5.26 Å². The summed E-state index contributed by atoms with van der Waals surface area (Å²) in [5.74, 6) is 0. The predicted molar refractivity (Wildman–Crippen MR) is 123 cm³/mol. The van der Waals surface area contributed by atoms with E-state index in [1.54, 1.807) is 18.1 Å². The molecule has 3 heterocycles. The summed E-state index contributed by atoms with van der Waals surface area (Å²) in [6.45, 7) is 3.89. The maximum Gasteiger partial charge on any atom is 0.0772 e. The lowest BCUT2D eigenvalue weighted by molar-refractivity contribution is 0.686. The summed E-state index contributed by atoms with van der Waals surface area (Å²) < 4.78 is 3.45. The SMILES string of the molecule is CC(C)(C#N)c1ccc(C2SNc3cnc4ccc(-c5cccnc5)cc4c32)cc1. The van der Waals surface area contributed by atoms with Crippen LogP contribution in [0.1, 0.15) is 35.8 Å². The van der Waals surface area contributed by atoms with E-state index in [1.807, 2.05) is 32.3 Å². The van der Waals surface area contributed by atoms with Crippen molar-refractivity contribution in [1.82, 2.24) is 9.97 Å². The highest BCUT2D eigenvalue weighted by Crippen LogP contribution is 2.49. The molecule has 0 saturated carbocycles. The fourth-order valence-electron chi connectivity index (χ4n) is 3.85. The summed E-state index contributed by atoms with van der Waals surface area (Å²) in [7, 11) is 0. The third kappa shape index (κ3) is 3.10. The fraction of sp³-hybridized carbons (Fsp3) is 0.160. The lowest BCUT2D eigenvalue weighted by Crippen LogP contribution is -2.13. The Labute approximate surface area is 180 Å². The number of nitrogens with zero attached hydrogens (tertiary/aromatic N) is 3. The maximum atomic E-state index is 9.42. The number of pyridine rings is 2. The van der Waals surface area contributed by atoms with Gasteiger partial charge in [0.2, 0.25) is 0 Å². The van der Waals surface area contributed by atoms with Crippen LogP contribution in [-0.4, -0.2) is 9.97 Å². The molecule has 5 rings (SSSR count). The zero-order valence-corrected chi connectivity index (χ0v) is 17.6. The number of anilines is 1. The van der Waals surface area contributed by atoms with Crippen LogP contribution in [-0.2, 0) is 5.41 Å². The molecule has 146 valence electrons. The largest absolute Gasteiger partial charge is 0.327 e. The van der Waals surface area contributed by atoms with Crippen LogP contribution >= 0.6 is 11.9 Å². The van der Waals surface area contributed by atoms with E-state index < -0.39 is 5.41 Å². The molecule has 1 atom stereocenters. The maximum absolute atomic E-state index is 9.42. The van der Waals surface area contributed by atoms with Crippen molar-refractivity contribution in [3.63, 3.8) is 0 Å². The van der Waals surface area contributed by atoms with Gasteiger partial charge in [0.1, 0.15) is 0 Å². The Bertz CT molecular complexity index is 1270. The first kappa shape index (κ1) is 18.7. The van der Waals surface area contributed by atoms with Crippen molar-refractivity contribution < 1.29 is 0 Å². The number of hydrogen-bond acceptors (Lipinski definition) is 5. The first-order chi connectivity index (χ1) is 14.6. The second-order valence-electron chi connectivity index (χ2n) is 8.02. The van der Waals surface area contributed by atoms with E-state index in [2.05, 4.69) is 69.3 Å². The van der Waals surface area contributed by atoms with Crippen molar-refractivity contribution in [2.45, 2.75) is 24.5 Å². The molecule has 0 spiro atoms. The van der Waals surface area contributed by atoms with Crippen molar-refractivity contribution in [3.8, 4) is 17.2 Å². The Kier molecular flexibility index (Phi) is 4.45. The predicted octanol–water partition coefficient (Wildman–Crippen LogP) is 6.26. The topological polar surface area (TPSA) is 61.6 Å². The molecule has 0 saturated heterocycles. The van der Waals surface area contributed by atoms with Crippen molar-refractivity contribution in [3.05, 3.63) is 89.9 Å². The monoisotopic (exact) mass is 408 g/mol. The third-order valence-corrected chi connectivity index (χ3v) is 6.75. The second kappa shape index (κ2) is 7.16. The molecule has 0 aliphatic carbocycles. The number of nitriles is 1. The average molecular weight is 409 g/mol.